The van der Waals surface area contributed by atoms with Crippen molar-refractivity contribution in [2.24, 2.45) is 0 Å². The summed E-state index contributed by atoms with van der Waals surface area (Å²) < 4.78 is 0. The van der Waals surface area contributed by atoms with Crippen molar-refractivity contribution in [1.82, 2.24) is 0 Å². The Balaban J connectivity index is 2.07. The number of hydrogen-bond donors (Lipinski definition) is 2. The van der Waals surface area contributed by atoms with Gasteiger partial charge in [-0.1, -0.05) is 41.9 Å². The van der Waals surface area contributed by atoms with Crippen LogP contribution in [0.15, 0.2) is 42.5 Å². The first-order valence-corrected chi connectivity index (χ1v) is 6.70. The van der Waals surface area contributed by atoms with Crippen LogP contribution in [0.25, 0.3) is 0 Å². The summed E-state index contributed by atoms with van der Waals surface area (Å²) in [6.45, 7) is 4.43. The third kappa shape index (κ3) is 3.28. The molecule has 0 heterocycles. The predicted octanol–water partition coefficient (Wildman–Crippen LogP) is 4.10. The molecule has 2 aromatic rings. The van der Waals surface area contributed by atoms with E-state index in [1.54, 1.807) is 0 Å². The summed E-state index contributed by atoms with van der Waals surface area (Å²) in [7, 11) is 0. The largest absolute Gasteiger partial charge is 0.387 e. The van der Waals surface area contributed by atoms with Crippen molar-refractivity contribution in [2.75, 3.05) is 11.9 Å². The van der Waals surface area contributed by atoms with Crippen molar-refractivity contribution in [3.05, 3.63) is 64.2 Å². The second-order valence-corrected chi connectivity index (χ2v) is 5.07. The number of benzene rings is 2. The highest BCUT2D eigenvalue weighted by atomic mass is 35.5. The molecule has 0 saturated heterocycles. The molecule has 0 aliphatic heterocycles. The van der Waals surface area contributed by atoms with E-state index < -0.39 is 6.10 Å². The van der Waals surface area contributed by atoms with E-state index in [4.69, 9.17) is 11.6 Å². The fraction of sp³-hybridized carbons (Fsp3) is 0.250. The Bertz CT molecular complexity index is 568. The molecule has 1 atom stereocenters. The highest BCUT2D eigenvalue weighted by Crippen LogP contribution is 2.24. The van der Waals surface area contributed by atoms with E-state index in [2.05, 4.69) is 5.32 Å². The monoisotopic (exact) mass is 275 g/mol. The van der Waals surface area contributed by atoms with Gasteiger partial charge in [0.05, 0.1) is 6.10 Å². The standard InChI is InChI=1S/C16H18ClNO/c1-11-6-3-4-7-13(11)16(19)10-18-15-9-5-8-14(17)12(15)2/h3-9,16,18-19H,10H2,1-2H3. The van der Waals surface area contributed by atoms with Gasteiger partial charge in [0.15, 0.2) is 0 Å². The molecule has 3 heteroatoms. The predicted molar refractivity (Wildman–Crippen MR) is 80.8 cm³/mol. The molecule has 0 amide bonds. The maximum Gasteiger partial charge on any atom is 0.0964 e. The minimum absolute atomic E-state index is 0.464. The van der Waals surface area contributed by atoms with Crippen LogP contribution in [0.5, 0.6) is 0 Å². The SMILES string of the molecule is Cc1ccccc1C(O)CNc1cccc(Cl)c1C. The average molecular weight is 276 g/mol. The normalized spacial score (nSPS) is 12.2. The summed E-state index contributed by atoms with van der Waals surface area (Å²) in [6.07, 6.45) is -0.528. The molecule has 0 aliphatic rings. The van der Waals surface area contributed by atoms with E-state index in [-0.39, 0.29) is 0 Å². The molecule has 100 valence electrons. The molecule has 1 unspecified atom stereocenters. The third-order valence-electron chi connectivity index (χ3n) is 3.30. The summed E-state index contributed by atoms with van der Waals surface area (Å²) in [6, 6.07) is 13.6. The Hall–Kier alpha value is -1.51. The second-order valence-electron chi connectivity index (χ2n) is 4.67. The molecule has 2 nitrogen and oxygen atoms in total. The lowest BCUT2D eigenvalue weighted by Gasteiger charge is -2.16. The van der Waals surface area contributed by atoms with Crippen molar-refractivity contribution in [1.29, 1.82) is 0 Å². The smallest absolute Gasteiger partial charge is 0.0964 e. The molecular weight excluding hydrogens is 258 g/mol. The van der Waals surface area contributed by atoms with Gasteiger partial charge in [-0.05, 0) is 42.7 Å². The van der Waals surface area contributed by atoms with Gasteiger partial charge in [-0.2, -0.15) is 0 Å². The van der Waals surface area contributed by atoms with Gasteiger partial charge in [-0.3, -0.25) is 0 Å². The Kier molecular flexibility index (Phi) is 4.46. The van der Waals surface area contributed by atoms with Crippen LogP contribution >= 0.6 is 11.6 Å². The molecule has 0 fully saturated rings. The minimum atomic E-state index is -0.528. The highest BCUT2D eigenvalue weighted by Gasteiger charge is 2.10. The first-order chi connectivity index (χ1) is 9.09. The zero-order chi connectivity index (χ0) is 13.8. The number of nitrogens with one attached hydrogen (secondary N) is 1. The highest BCUT2D eigenvalue weighted by molar-refractivity contribution is 6.31. The summed E-state index contributed by atoms with van der Waals surface area (Å²) >= 11 is 6.07. The van der Waals surface area contributed by atoms with Gasteiger partial charge in [-0.15, -0.1) is 0 Å². The van der Waals surface area contributed by atoms with E-state index in [0.717, 1.165) is 27.4 Å². The summed E-state index contributed by atoms with van der Waals surface area (Å²) in [5.41, 5.74) is 4.01. The van der Waals surface area contributed by atoms with Crippen LogP contribution in [0, 0.1) is 13.8 Å². The first-order valence-electron chi connectivity index (χ1n) is 6.32. The molecule has 2 aromatic carbocycles. The Morgan fingerprint density at radius 3 is 2.58 bits per heavy atom. The van der Waals surface area contributed by atoms with Crippen LogP contribution in [-0.4, -0.2) is 11.7 Å². The molecule has 0 saturated carbocycles. The molecule has 0 spiro atoms. The lowest BCUT2D eigenvalue weighted by Crippen LogP contribution is -2.13. The van der Waals surface area contributed by atoms with Crippen molar-refractivity contribution in [3.8, 4) is 0 Å². The van der Waals surface area contributed by atoms with E-state index in [9.17, 15) is 5.11 Å². The zero-order valence-electron chi connectivity index (χ0n) is 11.2. The average Bonchev–Trinajstić information content (AvgIpc) is 2.40. The molecule has 0 aromatic heterocycles. The van der Waals surface area contributed by atoms with Crippen LogP contribution < -0.4 is 5.32 Å². The van der Waals surface area contributed by atoms with Gasteiger partial charge in [0.2, 0.25) is 0 Å². The molecule has 19 heavy (non-hydrogen) atoms. The zero-order valence-corrected chi connectivity index (χ0v) is 11.9. The van der Waals surface area contributed by atoms with Crippen molar-refractivity contribution >= 4 is 17.3 Å². The van der Waals surface area contributed by atoms with Gasteiger partial charge in [0, 0.05) is 17.3 Å². The van der Waals surface area contributed by atoms with E-state index >= 15 is 0 Å². The third-order valence-corrected chi connectivity index (χ3v) is 3.71. The molecule has 0 bridgehead atoms. The number of aliphatic hydroxyl groups is 1. The molecular formula is C16H18ClNO. The van der Waals surface area contributed by atoms with Crippen LogP contribution in [-0.2, 0) is 0 Å². The Labute approximate surface area is 119 Å². The lowest BCUT2D eigenvalue weighted by atomic mass is 10.0. The topological polar surface area (TPSA) is 32.3 Å². The number of anilines is 1. The maximum atomic E-state index is 10.2. The summed E-state index contributed by atoms with van der Waals surface area (Å²) in [5.74, 6) is 0. The molecule has 0 aliphatic carbocycles. The Morgan fingerprint density at radius 1 is 1.11 bits per heavy atom. The van der Waals surface area contributed by atoms with Gasteiger partial charge in [0.25, 0.3) is 0 Å². The van der Waals surface area contributed by atoms with Crippen molar-refractivity contribution < 1.29 is 5.11 Å². The number of halogens is 1. The van der Waals surface area contributed by atoms with E-state index in [1.165, 1.54) is 0 Å². The summed E-state index contributed by atoms with van der Waals surface area (Å²) in [5, 5.41) is 14.2. The lowest BCUT2D eigenvalue weighted by molar-refractivity contribution is 0.191. The number of rotatable bonds is 4. The minimum Gasteiger partial charge on any atom is -0.387 e. The molecule has 0 radical (unpaired) electrons. The Morgan fingerprint density at radius 2 is 1.84 bits per heavy atom. The quantitative estimate of drug-likeness (QED) is 0.880. The van der Waals surface area contributed by atoms with Crippen LogP contribution in [0.4, 0.5) is 5.69 Å². The number of hydrogen-bond acceptors (Lipinski definition) is 2. The van der Waals surface area contributed by atoms with Crippen LogP contribution in [0.1, 0.15) is 22.8 Å². The van der Waals surface area contributed by atoms with E-state index in [1.807, 2.05) is 56.3 Å². The van der Waals surface area contributed by atoms with Crippen molar-refractivity contribution in [2.45, 2.75) is 20.0 Å². The summed E-state index contributed by atoms with van der Waals surface area (Å²) in [4.78, 5) is 0. The van der Waals surface area contributed by atoms with Crippen LogP contribution in [0.2, 0.25) is 5.02 Å². The molecule has 2 rings (SSSR count). The first kappa shape index (κ1) is 13.9. The maximum absolute atomic E-state index is 10.2. The fourth-order valence-corrected chi connectivity index (χ4v) is 2.25. The van der Waals surface area contributed by atoms with E-state index in [0.29, 0.717) is 6.54 Å². The fourth-order valence-electron chi connectivity index (χ4n) is 2.08. The number of aliphatic hydroxyl groups excluding tert-OH is 1. The van der Waals surface area contributed by atoms with Gasteiger partial charge in [-0.25, -0.2) is 0 Å². The second kappa shape index (κ2) is 6.09. The van der Waals surface area contributed by atoms with Gasteiger partial charge in [0.1, 0.15) is 0 Å². The van der Waals surface area contributed by atoms with Gasteiger partial charge >= 0.3 is 0 Å². The van der Waals surface area contributed by atoms with Crippen LogP contribution in [0.3, 0.4) is 0 Å². The molecule has 2 N–H and O–H groups in total. The number of aryl methyl sites for hydroxylation is 1. The van der Waals surface area contributed by atoms with Crippen molar-refractivity contribution in [3.63, 3.8) is 0 Å². The van der Waals surface area contributed by atoms with Gasteiger partial charge < -0.3 is 10.4 Å².